The molecule has 3 nitrogen and oxygen atoms in total. The zero-order valence-corrected chi connectivity index (χ0v) is 11.6. The summed E-state index contributed by atoms with van der Waals surface area (Å²) in [5.41, 5.74) is 1.02. The molecule has 0 saturated heterocycles. The molecular formula is C13H15Cl2NO2. The zero-order chi connectivity index (χ0) is 13.1. The number of hydrogen-bond acceptors (Lipinski definition) is 2. The van der Waals surface area contributed by atoms with Crippen LogP contribution in [0, 0.1) is 0 Å². The maximum atomic E-state index is 11.5. The van der Waals surface area contributed by atoms with Crippen LogP contribution >= 0.6 is 23.2 Å². The highest BCUT2D eigenvalue weighted by molar-refractivity contribution is 6.42. The number of ether oxygens (including phenoxy) is 1. The molecule has 0 spiro atoms. The molecule has 1 aromatic carbocycles. The first kappa shape index (κ1) is 13.7. The Morgan fingerprint density at radius 3 is 3.00 bits per heavy atom. The lowest BCUT2D eigenvalue weighted by molar-refractivity contribution is -0.122. The minimum absolute atomic E-state index is 0.0162. The molecule has 2 atom stereocenters. The number of benzene rings is 1. The van der Waals surface area contributed by atoms with Crippen LogP contribution in [0.5, 0.6) is 0 Å². The fourth-order valence-electron chi connectivity index (χ4n) is 1.98. The molecule has 0 unspecified atom stereocenters. The van der Waals surface area contributed by atoms with Crippen molar-refractivity contribution in [3.8, 4) is 0 Å². The van der Waals surface area contributed by atoms with E-state index in [1.54, 1.807) is 13.2 Å². The van der Waals surface area contributed by atoms with E-state index in [1.807, 2.05) is 12.1 Å². The van der Waals surface area contributed by atoms with Gasteiger partial charge in [0.05, 0.1) is 16.7 Å². The first-order valence-electron chi connectivity index (χ1n) is 5.85. The van der Waals surface area contributed by atoms with Gasteiger partial charge in [0.25, 0.3) is 0 Å². The molecule has 2 rings (SSSR count). The Labute approximate surface area is 116 Å². The number of methoxy groups -OCH3 is 1. The summed E-state index contributed by atoms with van der Waals surface area (Å²) < 4.78 is 4.86. The van der Waals surface area contributed by atoms with Gasteiger partial charge in [-0.3, -0.25) is 4.79 Å². The summed E-state index contributed by atoms with van der Waals surface area (Å²) in [4.78, 5) is 11.5. The Hall–Kier alpha value is -0.770. The van der Waals surface area contributed by atoms with Crippen LogP contribution in [0.2, 0.25) is 10.0 Å². The topological polar surface area (TPSA) is 38.3 Å². The highest BCUT2D eigenvalue weighted by Crippen LogP contribution is 2.45. The molecule has 98 valence electrons. The first-order valence-corrected chi connectivity index (χ1v) is 6.61. The average Bonchev–Trinajstić information content (AvgIpc) is 3.09. The minimum Gasteiger partial charge on any atom is -0.384 e. The first-order chi connectivity index (χ1) is 8.63. The van der Waals surface area contributed by atoms with E-state index in [0.717, 1.165) is 12.0 Å². The molecule has 5 heteroatoms. The molecule has 1 N–H and O–H groups in total. The van der Waals surface area contributed by atoms with Crippen molar-refractivity contribution in [1.82, 2.24) is 5.32 Å². The molecule has 0 aromatic heterocycles. The van der Waals surface area contributed by atoms with Crippen LogP contribution < -0.4 is 5.32 Å². The molecule has 1 aliphatic rings. The van der Waals surface area contributed by atoms with Gasteiger partial charge < -0.3 is 10.1 Å². The number of rotatable bonds is 5. The van der Waals surface area contributed by atoms with E-state index < -0.39 is 0 Å². The molecule has 18 heavy (non-hydrogen) atoms. The van der Waals surface area contributed by atoms with Crippen molar-refractivity contribution in [2.24, 2.45) is 0 Å². The summed E-state index contributed by atoms with van der Waals surface area (Å²) in [5, 5.41) is 4.12. The van der Waals surface area contributed by atoms with Crippen LogP contribution in [0.1, 0.15) is 24.3 Å². The molecule has 0 radical (unpaired) electrons. The average molecular weight is 288 g/mol. The molecule has 0 aliphatic heterocycles. The van der Waals surface area contributed by atoms with E-state index in [0.29, 0.717) is 23.1 Å². The predicted molar refractivity (Wildman–Crippen MR) is 72.2 cm³/mol. The largest absolute Gasteiger partial charge is 0.384 e. The summed E-state index contributed by atoms with van der Waals surface area (Å²) in [7, 11) is 1.58. The minimum atomic E-state index is 0.0162. The lowest BCUT2D eigenvalue weighted by Crippen LogP contribution is -2.27. The van der Waals surface area contributed by atoms with Gasteiger partial charge in [-0.1, -0.05) is 35.3 Å². The monoisotopic (exact) mass is 287 g/mol. The second-order valence-corrected chi connectivity index (χ2v) is 5.19. The smallest absolute Gasteiger partial charge is 0.222 e. The van der Waals surface area contributed by atoms with Crippen molar-refractivity contribution in [3.63, 3.8) is 0 Å². The van der Waals surface area contributed by atoms with Crippen LogP contribution in [0.25, 0.3) is 0 Å². The number of hydrogen-bond donors (Lipinski definition) is 1. The van der Waals surface area contributed by atoms with Gasteiger partial charge in [-0.2, -0.15) is 0 Å². The maximum Gasteiger partial charge on any atom is 0.222 e. The maximum absolute atomic E-state index is 11.5. The van der Waals surface area contributed by atoms with E-state index >= 15 is 0 Å². The van der Waals surface area contributed by atoms with Gasteiger partial charge in [-0.05, 0) is 18.1 Å². The highest BCUT2D eigenvalue weighted by Gasteiger charge is 2.40. The van der Waals surface area contributed by atoms with E-state index in [4.69, 9.17) is 27.9 Å². The Morgan fingerprint density at radius 2 is 2.28 bits per heavy atom. The molecule has 0 heterocycles. The molecule has 1 saturated carbocycles. The Balaban J connectivity index is 1.91. The lowest BCUT2D eigenvalue weighted by atomic mass is 10.1. The van der Waals surface area contributed by atoms with Crippen LogP contribution in [0.15, 0.2) is 18.2 Å². The van der Waals surface area contributed by atoms with Gasteiger partial charge in [0.1, 0.15) is 0 Å². The van der Waals surface area contributed by atoms with E-state index in [1.165, 1.54) is 0 Å². The Morgan fingerprint density at radius 1 is 1.50 bits per heavy atom. The number of carbonyl (C=O) groups excluding carboxylic acids is 1. The van der Waals surface area contributed by atoms with Gasteiger partial charge in [0.15, 0.2) is 0 Å². The summed E-state index contributed by atoms with van der Waals surface area (Å²) >= 11 is 12.1. The van der Waals surface area contributed by atoms with Gasteiger partial charge in [0.2, 0.25) is 5.91 Å². The van der Waals surface area contributed by atoms with Gasteiger partial charge in [-0.25, -0.2) is 0 Å². The van der Waals surface area contributed by atoms with Crippen molar-refractivity contribution in [2.45, 2.75) is 24.8 Å². The summed E-state index contributed by atoms with van der Waals surface area (Å²) in [6.07, 6.45) is 1.31. The Kier molecular flexibility index (Phi) is 4.49. The van der Waals surface area contributed by atoms with Crippen molar-refractivity contribution >= 4 is 29.1 Å². The summed E-state index contributed by atoms with van der Waals surface area (Å²) in [5.74, 6) is 0.296. The molecule has 1 amide bonds. The quantitative estimate of drug-likeness (QED) is 0.904. The second-order valence-electron chi connectivity index (χ2n) is 4.40. The third kappa shape index (κ3) is 3.16. The summed E-state index contributed by atoms with van der Waals surface area (Å²) in [6, 6.07) is 5.78. The lowest BCUT2D eigenvalue weighted by Gasteiger charge is -2.06. The number of halogens is 2. The van der Waals surface area contributed by atoms with Gasteiger partial charge >= 0.3 is 0 Å². The molecule has 0 bridgehead atoms. The third-order valence-corrected chi connectivity index (χ3v) is 3.88. The molecular weight excluding hydrogens is 273 g/mol. The van der Waals surface area contributed by atoms with Crippen molar-refractivity contribution in [3.05, 3.63) is 33.8 Å². The number of nitrogens with one attached hydrogen (secondary N) is 1. The SMILES string of the molecule is COCCC(=O)N[C@@H]1C[C@@H]1c1cccc(Cl)c1Cl. The fourth-order valence-corrected chi connectivity index (χ4v) is 2.43. The Bertz CT molecular complexity index is 451. The third-order valence-electron chi connectivity index (χ3n) is 3.05. The zero-order valence-electron chi connectivity index (χ0n) is 10.1. The van der Waals surface area contributed by atoms with E-state index in [2.05, 4.69) is 5.32 Å². The van der Waals surface area contributed by atoms with Crippen molar-refractivity contribution in [1.29, 1.82) is 0 Å². The molecule has 1 aromatic rings. The normalized spacial score (nSPS) is 21.7. The number of carbonyl (C=O) groups is 1. The fraction of sp³-hybridized carbons (Fsp3) is 0.462. The van der Waals surface area contributed by atoms with Crippen molar-refractivity contribution in [2.75, 3.05) is 13.7 Å². The standard InChI is InChI=1S/C13H15Cl2NO2/c1-18-6-5-12(17)16-11-7-9(11)8-3-2-4-10(14)13(8)15/h2-4,9,11H,5-7H2,1H3,(H,16,17)/t9-,11-/m1/s1. The predicted octanol–water partition coefficient (Wildman–Crippen LogP) is 3.00. The molecule has 1 fully saturated rings. The highest BCUT2D eigenvalue weighted by atomic mass is 35.5. The second kappa shape index (κ2) is 5.91. The number of amides is 1. The van der Waals surface area contributed by atoms with Crippen molar-refractivity contribution < 1.29 is 9.53 Å². The van der Waals surface area contributed by atoms with Gasteiger partial charge in [0, 0.05) is 25.5 Å². The van der Waals surface area contributed by atoms with E-state index in [-0.39, 0.29) is 17.9 Å². The van der Waals surface area contributed by atoms with Crippen LogP contribution in [-0.2, 0) is 9.53 Å². The van der Waals surface area contributed by atoms with Crippen LogP contribution in [0.4, 0.5) is 0 Å². The van der Waals surface area contributed by atoms with Crippen LogP contribution in [-0.4, -0.2) is 25.7 Å². The summed E-state index contributed by atoms with van der Waals surface area (Å²) in [6.45, 7) is 0.446. The van der Waals surface area contributed by atoms with E-state index in [9.17, 15) is 4.79 Å². The molecule has 1 aliphatic carbocycles. The van der Waals surface area contributed by atoms with Gasteiger partial charge in [-0.15, -0.1) is 0 Å². The van der Waals surface area contributed by atoms with Crippen LogP contribution in [0.3, 0.4) is 0 Å².